The molecular weight excluding hydrogens is 442 g/mol. The molecule has 0 radical (unpaired) electrons. The molecule has 2 aromatic carbocycles. The van der Waals surface area contributed by atoms with Crippen LogP contribution >= 0.6 is 46.4 Å². The molecule has 0 fully saturated rings. The van der Waals surface area contributed by atoms with E-state index in [2.05, 4.69) is 4.98 Å². The predicted octanol–water partition coefficient (Wildman–Crippen LogP) is 7.24. The lowest BCUT2D eigenvalue weighted by molar-refractivity contribution is -0.123. The maximum Gasteiger partial charge on any atom is 0.197 e. The predicted molar refractivity (Wildman–Crippen MR) is 114 cm³/mol. The van der Waals surface area contributed by atoms with Crippen LogP contribution in [0.5, 0.6) is 5.75 Å². The van der Waals surface area contributed by atoms with Crippen molar-refractivity contribution in [1.29, 1.82) is 0 Å². The molecule has 0 aliphatic rings. The lowest BCUT2D eigenvalue weighted by atomic mass is 10.0. The largest absolute Gasteiger partial charge is 0.464 e. The van der Waals surface area contributed by atoms with E-state index < -0.39 is 12.4 Å². The van der Waals surface area contributed by atoms with Crippen molar-refractivity contribution in [2.24, 2.45) is 0 Å². The van der Waals surface area contributed by atoms with Crippen molar-refractivity contribution >= 4 is 46.4 Å². The Morgan fingerprint density at radius 3 is 2.21 bits per heavy atom. The van der Waals surface area contributed by atoms with Gasteiger partial charge in [-0.3, -0.25) is 0 Å². The lowest BCUT2D eigenvalue weighted by Crippen LogP contribution is -2.25. The summed E-state index contributed by atoms with van der Waals surface area (Å²) in [5, 5.41) is 2.01. The SMILES string of the molecule is CC(Oc1ccc(Cl)cc1Cl)OC(c1ccc(Cl)cc1Cl)C(C)n1ccnc1. The number of aromatic nitrogens is 2. The minimum absolute atomic E-state index is 0.104. The van der Waals surface area contributed by atoms with E-state index in [1.807, 2.05) is 23.8 Å². The molecule has 0 amide bonds. The molecule has 3 unspecified atom stereocenters. The Hall–Kier alpha value is -1.43. The molecule has 148 valence electrons. The molecule has 0 bridgehead atoms. The Kier molecular flexibility index (Phi) is 7.13. The van der Waals surface area contributed by atoms with Gasteiger partial charge in [-0.05, 0) is 44.2 Å². The number of rotatable bonds is 7. The van der Waals surface area contributed by atoms with Gasteiger partial charge in [-0.2, -0.15) is 0 Å². The van der Waals surface area contributed by atoms with Crippen LogP contribution < -0.4 is 4.74 Å². The normalized spacial score (nSPS) is 14.5. The minimum Gasteiger partial charge on any atom is -0.464 e. The van der Waals surface area contributed by atoms with Crippen LogP contribution in [-0.2, 0) is 4.74 Å². The van der Waals surface area contributed by atoms with Gasteiger partial charge in [-0.1, -0.05) is 52.5 Å². The Balaban J connectivity index is 1.86. The van der Waals surface area contributed by atoms with Crippen LogP contribution in [0.15, 0.2) is 55.1 Å². The van der Waals surface area contributed by atoms with Crippen LogP contribution in [0.4, 0.5) is 0 Å². The van der Waals surface area contributed by atoms with Crippen molar-refractivity contribution in [1.82, 2.24) is 9.55 Å². The molecule has 3 aromatic rings. The summed E-state index contributed by atoms with van der Waals surface area (Å²) in [5.41, 5.74) is 0.796. The fourth-order valence-electron chi connectivity index (χ4n) is 2.83. The Labute approximate surface area is 183 Å². The Morgan fingerprint density at radius 1 is 0.929 bits per heavy atom. The van der Waals surface area contributed by atoms with Crippen molar-refractivity contribution < 1.29 is 9.47 Å². The maximum atomic E-state index is 6.45. The molecule has 0 saturated carbocycles. The average molecular weight is 460 g/mol. The molecule has 28 heavy (non-hydrogen) atoms. The average Bonchev–Trinajstić information content (AvgIpc) is 3.17. The highest BCUT2D eigenvalue weighted by molar-refractivity contribution is 6.35. The van der Waals surface area contributed by atoms with E-state index in [1.165, 1.54) is 0 Å². The van der Waals surface area contributed by atoms with Crippen molar-refractivity contribution in [3.8, 4) is 5.75 Å². The van der Waals surface area contributed by atoms with Gasteiger partial charge in [0, 0.05) is 33.0 Å². The second-order valence-corrected chi connectivity index (χ2v) is 7.92. The number of imidazole rings is 1. The molecule has 0 N–H and O–H groups in total. The third-order valence-electron chi connectivity index (χ3n) is 4.23. The summed E-state index contributed by atoms with van der Waals surface area (Å²) in [6.07, 6.45) is 4.28. The summed E-state index contributed by atoms with van der Waals surface area (Å²) in [4.78, 5) is 4.11. The monoisotopic (exact) mass is 458 g/mol. The van der Waals surface area contributed by atoms with E-state index in [0.29, 0.717) is 25.8 Å². The first-order chi connectivity index (χ1) is 13.3. The molecule has 0 aliphatic carbocycles. The zero-order valence-electron chi connectivity index (χ0n) is 15.2. The van der Waals surface area contributed by atoms with E-state index in [-0.39, 0.29) is 6.04 Å². The van der Waals surface area contributed by atoms with Gasteiger partial charge in [0.2, 0.25) is 0 Å². The Morgan fingerprint density at radius 2 is 1.61 bits per heavy atom. The quantitative estimate of drug-likeness (QED) is 0.349. The van der Waals surface area contributed by atoms with Gasteiger partial charge >= 0.3 is 0 Å². The van der Waals surface area contributed by atoms with Gasteiger partial charge in [0.25, 0.3) is 0 Å². The first kappa shape index (κ1) is 21.3. The standard InChI is InChI=1S/C20H18Cl4N2O2/c1-12(26-8-7-25-11-26)20(16-5-3-14(21)9-17(16)23)28-13(2)27-19-6-4-15(22)10-18(19)24/h3-13,20H,1-2H3. The summed E-state index contributed by atoms with van der Waals surface area (Å²) >= 11 is 24.6. The number of hydrogen-bond acceptors (Lipinski definition) is 3. The number of hydrogen-bond donors (Lipinski definition) is 0. The van der Waals surface area contributed by atoms with Crippen LogP contribution in [0, 0.1) is 0 Å². The molecule has 0 spiro atoms. The van der Waals surface area contributed by atoms with Gasteiger partial charge in [0.05, 0.1) is 17.4 Å². The van der Waals surface area contributed by atoms with Crippen LogP contribution in [-0.4, -0.2) is 15.8 Å². The molecule has 1 aromatic heterocycles. The van der Waals surface area contributed by atoms with E-state index in [4.69, 9.17) is 55.9 Å². The van der Waals surface area contributed by atoms with E-state index >= 15 is 0 Å². The summed E-state index contributed by atoms with van der Waals surface area (Å²) in [6.45, 7) is 3.81. The summed E-state index contributed by atoms with van der Waals surface area (Å²) in [7, 11) is 0. The van der Waals surface area contributed by atoms with Crippen LogP contribution in [0.1, 0.15) is 31.6 Å². The first-order valence-electron chi connectivity index (χ1n) is 8.54. The maximum absolute atomic E-state index is 6.45. The second-order valence-electron chi connectivity index (χ2n) is 6.23. The first-order valence-corrected chi connectivity index (χ1v) is 10.1. The minimum atomic E-state index is -0.610. The number of halogens is 4. The van der Waals surface area contributed by atoms with Crippen molar-refractivity contribution in [3.05, 3.63) is 80.8 Å². The summed E-state index contributed by atoms with van der Waals surface area (Å²) < 4.78 is 14.1. The lowest BCUT2D eigenvalue weighted by Gasteiger charge is -2.29. The molecule has 0 aliphatic heterocycles. The zero-order chi connectivity index (χ0) is 20.3. The van der Waals surface area contributed by atoms with Crippen LogP contribution in [0.3, 0.4) is 0 Å². The summed E-state index contributed by atoms with van der Waals surface area (Å²) in [6, 6.07) is 10.2. The van der Waals surface area contributed by atoms with Crippen molar-refractivity contribution in [2.45, 2.75) is 32.3 Å². The highest BCUT2D eigenvalue weighted by Gasteiger charge is 2.27. The van der Waals surface area contributed by atoms with Gasteiger partial charge in [-0.15, -0.1) is 0 Å². The van der Waals surface area contributed by atoms with E-state index in [1.54, 1.807) is 49.8 Å². The van der Waals surface area contributed by atoms with Crippen LogP contribution in [0.25, 0.3) is 0 Å². The molecule has 4 nitrogen and oxygen atoms in total. The number of ether oxygens (including phenoxy) is 2. The van der Waals surface area contributed by atoms with Gasteiger partial charge in [0.1, 0.15) is 11.9 Å². The third kappa shape index (κ3) is 5.13. The fourth-order valence-corrected chi connectivity index (χ4v) is 3.80. The topological polar surface area (TPSA) is 36.3 Å². The van der Waals surface area contributed by atoms with E-state index in [0.717, 1.165) is 5.56 Å². The number of nitrogens with zero attached hydrogens (tertiary/aromatic N) is 2. The fraction of sp³-hybridized carbons (Fsp3) is 0.250. The summed E-state index contributed by atoms with van der Waals surface area (Å²) in [5.74, 6) is 0.481. The smallest absolute Gasteiger partial charge is 0.197 e. The highest BCUT2D eigenvalue weighted by atomic mass is 35.5. The molecule has 3 atom stereocenters. The van der Waals surface area contributed by atoms with Gasteiger partial charge < -0.3 is 14.0 Å². The van der Waals surface area contributed by atoms with Crippen molar-refractivity contribution in [3.63, 3.8) is 0 Å². The zero-order valence-corrected chi connectivity index (χ0v) is 18.2. The third-order valence-corrected chi connectivity index (χ3v) is 5.32. The van der Waals surface area contributed by atoms with Gasteiger partial charge in [0.15, 0.2) is 6.29 Å². The molecule has 0 saturated heterocycles. The van der Waals surface area contributed by atoms with Crippen LogP contribution in [0.2, 0.25) is 20.1 Å². The highest BCUT2D eigenvalue weighted by Crippen LogP contribution is 2.37. The Bertz CT molecular complexity index is 934. The molecule has 8 heteroatoms. The molecular formula is C20H18Cl4N2O2. The van der Waals surface area contributed by atoms with E-state index in [9.17, 15) is 0 Å². The molecule has 1 heterocycles. The second kappa shape index (κ2) is 9.38. The van der Waals surface area contributed by atoms with Gasteiger partial charge in [-0.25, -0.2) is 4.98 Å². The molecule has 3 rings (SSSR count). The van der Waals surface area contributed by atoms with Crippen molar-refractivity contribution in [2.75, 3.05) is 0 Å². The number of benzene rings is 2.